The summed E-state index contributed by atoms with van der Waals surface area (Å²) in [5.74, 6) is -0.725. The lowest BCUT2D eigenvalue weighted by atomic mass is 10.1. The van der Waals surface area contributed by atoms with Crippen LogP contribution < -0.4 is 0 Å². The Morgan fingerprint density at radius 3 is 2.67 bits per heavy atom. The van der Waals surface area contributed by atoms with Crippen molar-refractivity contribution in [1.29, 1.82) is 0 Å². The maximum atomic E-state index is 10.4. The Bertz CT molecular complexity index is 90.3. The van der Waals surface area contributed by atoms with Crippen molar-refractivity contribution in [1.82, 2.24) is 0 Å². The molecular weight excluding hydrogens is 120 g/mol. The standard InChI is InChI=1S/C6H12O3/c1-3-4-5(2)6(7)9-8/h5,8H,3-4H2,1-2H3. The molecule has 0 radical (unpaired) electrons. The van der Waals surface area contributed by atoms with Crippen molar-refractivity contribution in [3.8, 4) is 0 Å². The number of carbonyl (C=O) groups excluding carboxylic acids is 1. The molecule has 0 heterocycles. The van der Waals surface area contributed by atoms with Gasteiger partial charge in [-0.1, -0.05) is 20.3 Å². The molecular formula is C6H12O3. The van der Waals surface area contributed by atoms with Gasteiger partial charge in [0.05, 0.1) is 5.92 Å². The van der Waals surface area contributed by atoms with Gasteiger partial charge < -0.3 is 4.89 Å². The van der Waals surface area contributed by atoms with E-state index in [-0.39, 0.29) is 5.92 Å². The van der Waals surface area contributed by atoms with Crippen LogP contribution in [0.15, 0.2) is 0 Å². The number of hydrogen-bond donors (Lipinski definition) is 1. The number of hydrogen-bond acceptors (Lipinski definition) is 3. The third-order valence-corrected chi connectivity index (χ3v) is 1.21. The fourth-order valence-corrected chi connectivity index (χ4v) is 0.641. The van der Waals surface area contributed by atoms with Crippen LogP contribution in [0.5, 0.6) is 0 Å². The van der Waals surface area contributed by atoms with Gasteiger partial charge in [-0.3, -0.25) is 0 Å². The van der Waals surface area contributed by atoms with Gasteiger partial charge in [0, 0.05) is 0 Å². The first-order chi connectivity index (χ1) is 4.22. The summed E-state index contributed by atoms with van der Waals surface area (Å²) < 4.78 is 0. The molecule has 0 saturated carbocycles. The van der Waals surface area contributed by atoms with Crippen LogP contribution in [0.4, 0.5) is 0 Å². The molecule has 9 heavy (non-hydrogen) atoms. The Labute approximate surface area is 54.6 Å². The molecule has 0 aliphatic rings. The summed E-state index contributed by atoms with van der Waals surface area (Å²) in [7, 11) is 0. The maximum Gasteiger partial charge on any atom is 0.344 e. The first-order valence-corrected chi connectivity index (χ1v) is 3.07. The van der Waals surface area contributed by atoms with Crippen molar-refractivity contribution in [2.24, 2.45) is 5.92 Å². The van der Waals surface area contributed by atoms with E-state index in [1.54, 1.807) is 6.92 Å². The summed E-state index contributed by atoms with van der Waals surface area (Å²) in [4.78, 5) is 14.0. The highest BCUT2D eigenvalue weighted by Crippen LogP contribution is 2.05. The van der Waals surface area contributed by atoms with Gasteiger partial charge in [0.2, 0.25) is 0 Å². The minimum absolute atomic E-state index is 0.181. The summed E-state index contributed by atoms with van der Waals surface area (Å²) in [5, 5.41) is 7.88. The lowest BCUT2D eigenvalue weighted by Gasteiger charge is -2.02. The van der Waals surface area contributed by atoms with E-state index in [2.05, 4.69) is 4.89 Å². The smallest absolute Gasteiger partial charge is 0.301 e. The summed E-state index contributed by atoms with van der Waals surface area (Å²) in [6.45, 7) is 3.70. The SMILES string of the molecule is CCCC(C)C(=O)OO. The molecule has 0 spiro atoms. The molecule has 0 rings (SSSR count). The normalized spacial score (nSPS) is 12.8. The van der Waals surface area contributed by atoms with Gasteiger partial charge >= 0.3 is 5.97 Å². The molecule has 0 aliphatic heterocycles. The molecule has 3 nitrogen and oxygen atoms in total. The topological polar surface area (TPSA) is 46.5 Å². The molecule has 0 bridgehead atoms. The zero-order valence-corrected chi connectivity index (χ0v) is 5.76. The molecule has 1 atom stereocenters. The maximum absolute atomic E-state index is 10.4. The Kier molecular flexibility index (Phi) is 4.05. The fourth-order valence-electron chi connectivity index (χ4n) is 0.641. The molecule has 3 heteroatoms. The zero-order valence-electron chi connectivity index (χ0n) is 5.76. The Morgan fingerprint density at radius 2 is 2.33 bits per heavy atom. The minimum Gasteiger partial charge on any atom is -0.301 e. The second kappa shape index (κ2) is 4.32. The molecule has 1 N–H and O–H groups in total. The molecule has 0 aromatic rings. The van der Waals surface area contributed by atoms with Crippen molar-refractivity contribution >= 4 is 5.97 Å². The molecule has 54 valence electrons. The lowest BCUT2D eigenvalue weighted by molar-refractivity contribution is -0.238. The van der Waals surface area contributed by atoms with E-state index >= 15 is 0 Å². The van der Waals surface area contributed by atoms with Crippen molar-refractivity contribution < 1.29 is 14.9 Å². The average Bonchev–Trinajstić information content (AvgIpc) is 1.87. The highest BCUT2D eigenvalue weighted by atomic mass is 17.1. The molecule has 0 fully saturated rings. The molecule has 0 aliphatic carbocycles. The van der Waals surface area contributed by atoms with Crippen LogP contribution in [0, 0.1) is 5.92 Å². The van der Waals surface area contributed by atoms with Gasteiger partial charge in [0.15, 0.2) is 0 Å². The molecule has 0 aromatic carbocycles. The lowest BCUT2D eigenvalue weighted by Crippen LogP contribution is -2.12. The van der Waals surface area contributed by atoms with Gasteiger partial charge in [-0.15, -0.1) is 0 Å². The third-order valence-electron chi connectivity index (χ3n) is 1.21. The highest BCUT2D eigenvalue weighted by Gasteiger charge is 2.11. The van der Waals surface area contributed by atoms with Crippen LogP contribution in [0.25, 0.3) is 0 Å². The predicted octanol–water partition coefficient (Wildman–Crippen LogP) is 1.44. The highest BCUT2D eigenvalue weighted by molar-refractivity contribution is 5.71. The second-order valence-corrected chi connectivity index (χ2v) is 2.10. The average molecular weight is 132 g/mol. The monoisotopic (exact) mass is 132 g/mol. The van der Waals surface area contributed by atoms with Crippen molar-refractivity contribution in [3.63, 3.8) is 0 Å². The van der Waals surface area contributed by atoms with Crippen LogP contribution in [0.3, 0.4) is 0 Å². The van der Waals surface area contributed by atoms with Gasteiger partial charge in [0.25, 0.3) is 0 Å². The predicted molar refractivity (Wildman–Crippen MR) is 32.8 cm³/mol. The van der Waals surface area contributed by atoms with E-state index < -0.39 is 5.97 Å². The van der Waals surface area contributed by atoms with Gasteiger partial charge in [0.1, 0.15) is 0 Å². The Balaban J connectivity index is 3.45. The van der Waals surface area contributed by atoms with Gasteiger partial charge in [-0.05, 0) is 6.42 Å². The van der Waals surface area contributed by atoms with Crippen molar-refractivity contribution in [2.45, 2.75) is 26.7 Å². The van der Waals surface area contributed by atoms with Crippen LogP contribution in [-0.2, 0) is 9.68 Å². The van der Waals surface area contributed by atoms with Gasteiger partial charge in [-0.25, -0.2) is 4.79 Å². The zero-order chi connectivity index (χ0) is 7.28. The largest absolute Gasteiger partial charge is 0.344 e. The minimum atomic E-state index is -0.545. The fraction of sp³-hybridized carbons (Fsp3) is 0.833. The number of rotatable bonds is 3. The van der Waals surface area contributed by atoms with Crippen LogP contribution in [0.1, 0.15) is 26.7 Å². The van der Waals surface area contributed by atoms with Gasteiger partial charge in [-0.2, -0.15) is 5.26 Å². The van der Waals surface area contributed by atoms with Crippen molar-refractivity contribution in [2.75, 3.05) is 0 Å². The van der Waals surface area contributed by atoms with E-state index in [0.29, 0.717) is 0 Å². The van der Waals surface area contributed by atoms with E-state index in [4.69, 9.17) is 5.26 Å². The van der Waals surface area contributed by atoms with E-state index in [9.17, 15) is 4.79 Å². The summed E-state index contributed by atoms with van der Waals surface area (Å²) in [6.07, 6.45) is 1.69. The van der Waals surface area contributed by atoms with Crippen LogP contribution in [-0.4, -0.2) is 11.2 Å². The second-order valence-electron chi connectivity index (χ2n) is 2.10. The summed E-state index contributed by atoms with van der Waals surface area (Å²) in [5.41, 5.74) is 0. The van der Waals surface area contributed by atoms with E-state index in [1.165, 1.54) is 0 Å². The van der Waals surface area contributed by atoms with E-state index in [1.807, 2.05) is 6.92 Å². The third kappa shape index (κ3) is 3.08. The summed E-state index contributed by atoms with van der Waals surface area (Å²) >= 11 is 0. The van der Waals surface area contributed by atoms with Crippen LogP contribution in [0.2, 0.25) is 0 Å². The first kappa shape index (κ1) is 8.43. The molecule has 0 saturated heterocycles. The molecule has 0 amide bonds. The Hall–Kier alpha value is -0.570. The first-order valence-electron chi connectivity index (χ1n) is 3.07. The Morgan fingerprint density at radius 1 is 1.78 bits per heavy atom. The van der Waals surface area contributed by atoms with Crippen LogP contribution >= 0.6 is 0 Å². The van der Waals surface area contributed by atoms with E-state index in [0.717, 1.165) is 12.8 Å². The molecule has 0 aromatic heterocycles. The quantitative estimate of drug-likeness (QED) is 0.467. The molecule has 1 unspecified atom stereocenters. The number of carbonyl (C=O) groups is 1. The summed E-state index contributed by atoms with van der Waals surface area (Å²) in [6, 6.07) is 0. The van der Waals surface area contributed by atoms with Crippen molar-refractivity contribution in [3.05, 3.63) is 0 Å².